The van der Waals surface area contributed by atoms with Gasteiger partial charge in [-0.15, -0.1) is 0 Å². The molecule has 0 radical (unpaired) electrons. The van der Waals surface area contributed by atoms with E-state index >= 15 is 0 Å². The Labute approximate surface area is 132 Å². The van der Waals surface area contributed by atoms with Gasteiger partial charge >= 0.3 is 0 Å². The van der Waals surface area contributed by atoms with Crippen LogP contribution in [0, 0.1) is 5.92 Å². The van der Waals surface area contributed by atoms with Crippen molar-refractivity contribution in [1.29, 1.82) is 0 Å². The lowest BCUT2D eigenvalue weighted by Crippen LogP contribution is -2.37. The first-order valence-corrected chi connectivity index (χ1v) is 7.92. The van der Waals surface area contributed by atoms with E-state index in [1.165, 1.54) is 0 Å². The average molecular weight is 362 g/mol. The van der Waals surface area contributed by atoms with Crippen LogP contribution in [0.15, 0.2) is 16.6 Å². The predicted molar refractivity (Wildman–Crippen MR) is 84.5 cm³/mol. The number of piperidine rings is 1. The zero-order valence-corrected chi connectivity index (χ0v) is 13.7. The molecule has 1 aromatic carbocycles. The molecular formula is C14H18BrClN2O2. The summed E-state index contributed by atoms with van der Waals surface area (Å²) >= 11 is 9.45. The number of carbonyl (C=O) groups excluding carboxylic acids is 1. The minimum absolute atomic E-state index is 0.00372. The van der Waals surface area contributed by atoms with Crippen LogP contribution in [0.25, 0.3) is 0 Å². The van der Waals surface area contributed by atoms with E-state index in [0.29, 0.717) is 23.1 Å². The van der Waals surface area contributed by atoms with Crippen molar-refractivity contribution in [3.63, 3.8) is 0 Å². The molecule has 1 saturated heterocycles. The molecule has 2 N–H and O–H groups in total. The molecule has 1 atom stereocenters. The summed E-state index contributed by atoms with van der Waals surface area (Å²) in [5.74, 6) is 0.623. The van der Waals surface area contributed by atoms with Crippen LogP contribution in [0.4, 0.5) is 5.69 Å². The Hall–Kier alpha value is -0.780. The number of anilines is 1. The zero-order chi connectivity index (χ0) is 14.5. The Bertz CT molecular complexity index is 490. The van der Waals surface area contributed by atoms with Gasteiger partial charge < -0.3 is 15.4 Å². The summed E-state index contributed by atoms with van der Waals surface area (Å²) in [6.07, 6.45) is 1.93. The molecule has 110 valence electrons. The van der Waals surface area contributed by atoms with E-state index < -0.39 is 0 Å². The molecule has 1 aromatic rings. The fourth-order valence-electron chi connectivity index (χ4n) is 2.25. The van der Waals surface area contributed by atoms with Gasteiger partial charge in [-0.1, -0.05) is 11.6 Å². The number of hydrogen-bond donors (Lipinski definition) is 2. The lowest BCUT2D eigenvalue weighted by molar-refractivity contribution is -0.120. The highest BCUT2D eigenvalue weighted by Crippen LogP contribution is 2.37. The fourth-order valence-corrected chi connectivity index (χ4v) is 3.18. The van der Waals surface area contributed by atoms with E-state index in [1.54, 1.807) is 12.1 Å². The van der Waals surface area contributed by atoms with Gasteiger partial charge in [-0.2, -0.15) is 0 Å². The molecule has 0 aliphatic carbocycles. The van der Waals surface area contributed by atoms with Gasteiger partial charge in [0.25, 0.3) is 0 Å². The number of nitrogens with one attached hydrogen (secondary N) is 2. The van der Waals surface area contributed by atoms with E-state index in [1.807, 2.05) is 6.92 Å². The Morgan fingerprint density at radius 2 is 2.40 bits per heavy atom. The van der Waals surface area contributed by atoms with Gasteiger partial charge in [0, 0.05) is 11.6 Å². The van der Waals surface area contributed by atoms with E-state index in [4.69, 9.17) is 16.3 Å². The Morgan fingerprint density at radius 3 is 3.05 bits per heavy atom. The van der Waals surface area contributed by atoms with Gasteiger partial charge in [-0.25, -0.2) is 0 Å². The van der Waals surface area contributed by atoms with E-state index in [0.717, 1.165) is 30.4 Å². The highest BCUT2D eigenvalue weighted by molar-refractivity contribution is 9.10. The smallest absolute Gasteiger partial charge is 0.228 e. The van der Waals surface area contributed by atoms with Gasteiger partial charge in [-0.3, -0.25) is 4.79 Å². The molecule has 0 bridgehead atoms. The van der Waals surface area contributed by atoms with Crippen LogP contribution in [0.3, 0.4) is 0 Å². The van der Waals surface area contributed by atoms with Crippen molar-refractivity contribution in [3.05, 3.63) is 21.6 Å². The van der Waals surface area contributed by atoms with Crippen LogP contribution < -0.4 is 15.4 Å². The largest absolute Gasteiger partial charge is 0.491 e. The molecule has 4 nitrogen and oxygen atoms in total. The third-order valence-electron chi connectivity index (χ3n) is 3.22. The van der Waals surface area contributed by atoms with Gasteiger partial charge in [0.05, 0.1) is 22.7 Å². The molecule has 1 heterocycles. The van der Waals surface area contributed by atoms with Crippen LogP contribution in [-0.4, -0.2) is 25.6 Å². The highest BCUT2D eigenvalue weighted by atomic mass is 79.9. The third-order valence-corrected chi connectivity index (χ3v) is 4.03. The molecule has 1 aliphatic heterocycles. The molecule has 1 fully saturated rings. The molecule has 20 heavy (non-hydrogen) atoms. The van der Waals surface area contributed by atoms with Gasteiger partial charge in [0.1, 0.15) is 0 Å². The Balaban J connectivity index is 2.16. The second-order valence-electron chi connectivity index (χ2n) is 4.73. The second kappa shape index (κ2) is 7.29. The van der Waals surface area contributed by atoms with Crippen molar-refractivity contribution in [3.8, 4) is 5.75 Å². The molecule has 0 saturated carbocycles. The van der Waals surface area contributed by atoms with E-state index in [2.05, 4.69) is 26.6 Å². The average Bonchev–Trinajstić information content (AvgIpc) is 2.43. The predicted octanol–water partition coefficient (Wildman–Crippen LogP) is 3.44. The fraction of sp³-hybridized carbons (Fsp3) is 0.500. The van der Waals surface area contributed by atoms with E-state index in [-0.39, 0.29) is 11.8 Å². The molecular weight excluding hydrogens is 344 g/mol. The topological polar surface area (TPSA) is 50.4 Å². The normalized spacial score (nSPS) is 18.6. The molecule has 1 amide bonds. The van der Waals surface area contributed by atoms with Crippen molar-refractivity contribution in [2.75, 3.05) is 25.0 Å². The Kier molecular flexibility index (Phi) is 5.69. The third kappa shape index (κ3) is 3.87. The summed E-state index contributed by atoms with van der Waals surface area (Å²) in [5, 5.41) is 6.72. The molecule has 6 heteroatoms. The van der Waals surface area contributed by atoms with Gasteiger partial charge in [0.15, 0.2) is 5.75 Å². The standard InChI is InChI=1S/C14H18BrClN2O2/c1-2-20-13-11(15)6-10(16)7-12(13)18-14(19)9-4-3-5-17-8-9/h6-7,9,17H,2-5,8H2,1H3,(H,18,19)/t9-/m0/s1. The van der Waals surface area contributed by atoms with Gasteiger partial charge in [0.2, 0.25) is 5.91 Å². The summed E-state index contributed by atoms with van der Waals surface area (Å²) in [7, 11) is 0. The number of ether oxygens (including phenoxy) is 1. The molecule has 1 aliphatic rings. The summed E-state index contributed by atoms with van der Waals surface area (Å²) in [5.41, 5.74) is 0.613. The molecule has 0 unspecified atom stereocenters. The minimum Gasteiger partial charge on any atom is -0.491 e. The maximum absolute atomic E-state index is 12.3. The van der Waals surface area contributed by atoms with E-state index in [9.17, 15) is 4.79 Å². The van der Waals surface area contributed by atoms with Crippen molar-refractivity contribution in [2.24, 2.45) is 5.92 Å². The number of carbonyl (C=O) groups is 1. The quantitative estimate of drug-likeness (QED) is 0.864. The Morgan fingerprint density at radius 1 is 1.60 bits per heavy atom. The van der Waals surface area contributed by atoms with Crippen molar-refractivity contribution < 1.29 is 9.53 Å². The minimum atomic E-state index is -0.00372. The van der Waals surface area contributed by atoms with Crippen LogP contribution >= 0.6 is 27.5 Å². The number of hydrogen-bond acceptors (Lipinski definition) is 3. The maximum atomic E-state index is 12.3. The summed E-state index contributed by atoms with van der Waals surface area (Å²) in [6.45, 7) is 4.13. The lowest BCUT2D eigenvalue weighted by atomic mass is 9.99. The summed E-state index contributed by atoms with van der Waals surface area (Å²) < 4.78 is 6.31. The number of amides is 1. The first-order valence-electron chi connectivity index (χ1n) is 6.75. The second-order valence-corrected chi connectivity index (χ2v) is 6.02. The summed E-state index contributed by atoms with van der Waals surface area (Å²) in [6, 6.07) is 3.47. The summed E-state index contributed by atoms with van der Waals surface area (Å²) in [4.78, 5) is 12.3. The number of benzene rings is 1. The monoisotopic (exact) mass is 360 g/mol. The molecule has 0 aromatic heterocycles. The highest BCUT2D eigenvalue weighted by Gasteiger charge is 2.22. The number of halogens is 2. The SMILES string of the molecule is CCOc1c(Br)cc(Cl)cc1NC(=O)[C@H]1CCCNC1. The van der Waals surface area contributed by atoms with Crippen molar-refractivity contribution in [1.82, 2.24) is 5.32 Å². The van der Waals surface area contributed by atoms with Crippen LogP contribution in [0.5, 0.6) is 5.75 Å². The number of rotatable bonds is 4. The molecule has 2 rings (SSSR count). The van der Waals surface area contributed by atoms with Crippen LogP contribution in [0.2, 0.25) is 5.02 Å². The first kappa shape index (κ1) is 15.6. The van der Waals surface area contributed by atoms with Crippen LogP contribution in [0.1, 0.15) is 19.8 Å². The maximum Gasteiger partial charge on any atom is 0.228 e. The lowest BCUT2D eigenvalue weighted by Gasteiger charge is -2.22. The first-order chi connectivity index (χ1) is 9.61. The zero-order valence-electron chi connectivity index (χ0n) is 11.3. The van der Waals surface area contributed by atoms with Crippen molar-refractivity contribution in [2.45, 2.75) is 19.8 Å². The van der Waals surface area contributed by atoms with Crippen molar-refractivity contribution >= 4 is 39.1 Å². The molecule has 0 spiro atoms. The van der Waals surface area contributed by atoms with Crippen LogP contribution in [-0.2, 0) is 4.79 Å². The van der Waals surface area contributed by atoms with Gasteiger partial charge in [-0.05, 0) is 54.4 Å².